The number of nitrogens with zero attached hydrogens (tertiary/aromatic N) is 4. The first-order chi connectivity index (χ1) is 13.1. The van der Waals surface area contributed by atoms with Crippen molar-refractivity contribution in [3.05, 3.63) is 59.7 Å². The highest BCUT2D eigenvalue weighted by Gasteiger charge is 2.40. The number of methoxy groups -OCH3 is 1. The molecule has 1 aromatic heterocycles. The van der Waals surface area contributed by atoms with Crippen LogP contribution >= 0.6 is 0 Å². The Morgan fingerprint density at radius 3 is 2.70 bits per heavy atom. The summed E-state index contributed by atoms with van der Waals surface area (Å²) in [5, 5.41) is 0. The second-order valence-corrected chi connectivity index (χ2v) is 7.06. The van der Waals surface area contributed by atoms with E-state index in [1.807, 2.05) is 34.1 Å². The van der Waals surface area contributed by atoms with Crippen molar-refractivity contribution in [2.75, 3.05) is 33.3 Å². The van der Waals surface area contributed by atoms with Crippen molar-refractivity contribution in [3.63, 3.8) is 0 Å². The molecular weight excluding hydrogens is 347 g/mol. The van der Waals surface area contributed by atoms with E-state index in [1.54, 1.807) is 19.4 Å². The Bertz CT molecular complexity index is 814. The molecule has 0 N–H and O–H groups in total. The summed E-state index contributed by atoms with van der Waals surface area (Å²) >= 11 is 0. The zero-order valence-corrected chi connectivity index (χ0v) is 15.3. The van der Waals surface area contributed by atoms with Gasteiger partial charge in [0.05, 0.1) is 19.3 Å². The number of hydrogen-bond donors (Lipinski definition) is 0. The monoisotopic (exact) mass is 370 g/mol. The summed E-state index contributed by atoms with van der Waals surface area (Å²) < 4.78 is 19.0. The summed E-state index contributed by atoms with van der Waals surface area (Å²) in [5.41, 5.74) is 1.73. The van der Waals surface area contributed by atoms with Gasteiger partial charge in [-0.15, -0.1) is 0 Å². The number of hydrogen-bond acceptors (Lipinski definition) is 4. The van der Waals surface area contributed by atoms with E-state index in [-0.39, 0.29) is 17.9 Å². The first-order valence-corrected chi connectivity index (χ1v) is 9.13. The van der Waals surface area contributed by atoms with Gasteiger partial charge < -0.3 is 14.5 Å². The van der Waals surface area contributed by atoms with Crippen LogP contribution < -0.4 is 4.74 Å². The summed E-state index contributed by atoms with van der Waals surface area (Å²) in [6.45, 7) is 4.02. The van der Waals surface area contributed by atoms with E-state index in [0.717, 1.165) is 24.4 Å². The van der Waals surface area contributed by atoms with Crippen LogP contribution in [0, 0.1) is 5.82 Å². The predicted octanol–water partition coefficient (Wildman–Crippen LogP) is 2.35. The second-order valence-electron chi connectivity index (χ2n) is 7.06. The average molecular weight is 370 g/mol. The highest BCUT2D eigenvalue weighted by atomic mass is 19.1. The Balaban J connectivity index is 1.38. The number of amides is 2. The van der Waals surface area contributed by atoms with Gasteiger partial charge >= 0.3 is 6.03 Å². The highest BCUT2D eigenvalue weighted by Crippen LogP contribution is 2.24. The molecule has 7 heteroatoms. The molecule has 6 nitrogen and oxygen atoms in total. The van der Waals surface area contributed by atoms with Crippen molar-refractivity contribution in [1.29, 1.82) is 0 Å². The molecule has 3 heterocycles. The number of ether oxygens (including phenoxy) is 1. The molecule has 1 unspecified atom stereocenters. The van der Waals surface area contributed by atoms with E-state index in [4.69, 9.17) is 4.74 Å². The molecule has 27 heavy (non-hydrogen) atoms. The Morgan fingerprint density at radius 2 is 1.96 bits per heavy atom. The molecule has 0 bridgehead atoms. The molecular formula is C20H23FN4O2. The largest absolute Gasteiger partial charge is 0.497 e. The number of fused-ring (bicyclic) bond motifs is 1. The Kier molecular flexibility index (Phi) is 4.94. The fourth-order valence-corrected chi connectivity index (χ4v) is 3.84. The van der Waals surface area contributed by atoms with Gasteiger partial charge in [0.1, 0.15) is 11.6 Å². The van der Waals surface area contributed by atoms with Crippen molar-refractivity contribution in [1.82, 2.24) is 19.7 Å². The van der Waals surface area contributed by atoms with Gasteiger partial charge in [0, 0.05) is 51.0 Å². The minimum Gasteiger partial charge on any atom is -0.497 e. The van der Waals surface area contributed by atoms with Gasteiger partial charge in [-0.2, -0.15) is 0 Å². The van der Waals surface area contributed by atoms with Crippen LogP contribution in [-0.4, -0.2) is 65.0 Å². The number of halogens is 1. The third-order valence-electron chi connectivity index (χ3n) is 5.30. The lowest BCUT2D eigenvalue weighted by molar-refractivity contribution is 0.115. The number of piperazine rings is 1. The zero-order valence-electron chi connectivity index (χ0n) is 15.3. The molecule has 2 amide bonds. The lowest BCUT2D eigenvalue weighted by Crippen LogP contribution is -2.51. The molecule has 0 aliphatic carbocycles. The van der Waals surface area contributed by atoms with E-state index < -0.39 is 0 Å². The summed E-state index contributed by atoms with van der Waals surface area (Å²) in [5.74, 6) is 0.534. The maximum absolute atomic E-state index is 13.9. The van der Waals surface area contributed by atoms with Gasteiger partial charge in [0.2, 0.25) is 0 Å². The lowest BCUT2D eigenvalue weighted by atomic mass is 10.1. The zero-order chi connectivity index (χ0) is 18.8. The first-order valence-electron chi connectivity index (χ1n) is 9.13. The van der Waals surface area contributed by atoms with Crippen LogP contribution in [0.25, 0.3) is 0 Å². The van der Waals surface area contributed by atoms with Crippen molar-refractivity contribution < 1.29 is 13.9 Å². The van der Waals surface area contributed by atoms with E-state index in [0.29, 0.717) is 31.7 Å². The number of urea groups is 1. The maximum Gasteiger partial charge on any atom is 0.320 e. The molecule has 0 radical (unpaired) electrons. The van der Waals surface area contributed by atoms with Gasteiger partial charge in [0.25, 0.3) is 0 Å². The summed E-state index contributed by atoms with van der Waals surface area (Å²) in [6, 6.07) is 9.75. The Morgan fingerprint density at radius 1 is 1.15 bits per heavy atom. The molecule has 142 valence electrons. The van der Waals surface area contributed by atoms with E-state index in [2.05, 4.69) is 9.88 Å². The molecule has 1 atom stereocenters. The molecule has 2 saturated heterocycles. The van der Waals surface area contributed by atoms with Crippen molar-refractivity contribution in [2.24, 2.45) is 0 Å². The van der Waals surface area contributed by atoms with Crippen LogP contribution in [0.2, 0.25) is 0 Å². The van der Waals surface area contributed by atoms with Gasteiger partial charge in [0.15, 0.2) is 0 Å². The van der Waals surface area contributed by atoms with Crippen molar-refractivity contribution in [2.45, 2.75) is 19.1 Å². The van der Waals surface area contributed by atoms with Crippen LogP contribution in [0.4, 0.5) is 9.18 Å². The summed E-state index contributed by atoms with van der Waals surface area (Å²) in [7, 11) is 1.64. The maximum atomic E-state index is 13.9. The molecule has 0 saturated carbocycles. The fraction of sp³-hybridized carbons (Fsp3) is 0.400. The number of aromatic nitrogens is 1. The van der Waals surface area contributed by atoms with Crippen LogP contribution in [0.3, 0.4) is 0 Å². The minimum absolute atomic E-state index is 0.0885. The van der Waals surface area contributed by atoms with Crippen molar-refractivity contribution >= 4 is 6.03 Å². The van der Waals surface area contributed by atoms with Gasteiger partial charge in [-0.05, 0) is 23.8 Å². The number of rotatable bonds is 5. The molecule has 1 aromatic carbocycles. The third-order valence-corrected chi connectivity index (χ3v) is 5.30. The molecule has 0 spiro atoms. The quantitative estimate of drug-likeness (QED) is 0.811. The number of carbonyl (C=O) groups excluding carboxylic acids is 1. The molecule has 2 aliphatic rings. The standard InChI is InChI=1S/C20H23FN4O2/c1-27-18-4-2-15(3-5-18)11-24-14-17-13-23(8-9-25(17)20(24)26)12-16-6-7-22-10-19(16)21/h2-7,10,17H,8-9,11-14H2,1H3. The molecule has 2 aliphatic heterocycles. The first kappa shape index (κ1) is 17.7. The number of pyridine rings is 1. The van der Waals surface area contributed by atoms with E-state index >= 15 is 0 Å². The van der Waals surface area contributed by atoms with Crippen molar-refractivity contribution in [3.8, 4) is 5.75 Å². The van der Waals surface area contributed by atoms with Crippen LogP contribution in [0.1, 0.15) is 11.1 Å². The summed E-state index contributed by atoms with van der Waals surface area (Å²) in [4.78, 5) is 22.6. The number of benzene rings is 1. The van der Waals surface area contributed by atoms with Gasteiger partial charge in [-0.1, -0.05) is 12.1 Å². The topological polar surface area (TPSA) is 48.9 Å². The van der Waals surface area contributed by atoms with E-state index in [1.165, 1.54) is 6.20 Å². The SMILES string of the molecule is COc1ccc(CN2CC3CN(Cc4ccncc4F)CCN3C2=O)cc1. The number of carbonyl (C=O) groups is 1. The Hall–Kier alpha value is -2.67. The molecule has 4 rings (SSSR count). The molecule has 2 aromatic rings. The molecule has 2 fully saturated rings. The predicted molar refractivity (Wildman–Crippen MR) is 98.8 cm³/mol. The lowest BCUT2D eigenvalue weighted by Gasteiger charge is -2.36. The third kappa shape index (κ3) is 3.73. The van der Waals surface area contributed by atoms with Crippen LogP contribution in [-0.2, 0) is 13.1 Å². The normalized spacial score (nSPS) is 20.1. The van der Waals surface area contributed by atoms with E-state index in [9.17, 15) is 9.18 Å². The summed E-state index contributed by atoms with van der Waals surface area (Å²) in [6.07, 6.45) is 2.87. The fourth-order valence-electron chi connectivity index (χ4n) is 3.84. The van der Waals surface area contributed by atoms with Gasteiger partial charge in [-0.25, -0.2) is 9.18 Å². The smallest absolute Gasteiger partial charge is 0.320 e. The average Bonchev–Trinajstić information content (AvgIpc) is 2.99. The van der Waals surface area contributed by atoms with Gasteiger partial charge in [-0.3, -0.25) is 9.88 Å². The minimum atomic E-state index is -0.274. The van der Waals surface area contributed by atoms with Crippen LogP contribution in [0.15, 0.2) is 42.7 Å². The van der Waals surface area contributed by atoms with Crippen LogP contribution in [0.5, 0.6) is 5.75 Å². The second kappa shape index (κ2) is 7.52. The Labute approximate surface area is 158 Å². The highest BCUT2D eigenvalue weighted by molar-refractivity contribution is 5.77.